The quantitative estimate of drug-likeness (QED) is 0.720. The largest absolute Gasteiger partial charge is 0.478 e. The van der Waals surface area contributed by atoms with Crippen molar-refractivity contribution in [3.63, 3.8) is 0 Å². The maximum absolute atomic E-state index is 5.46. The van der Waals surface area contributed by atoms with Gasteiger partial charge in [-0.05, 0) is 37.9 Å². The summed E-state index contributed by atoms with van der Waals surface area (Å²) >= 11 is 0. The predicted octanol–water partition coefficient (Wildman–Crippen LogP) is 2.54. The average Bonchev–Trinajstić information content (AvgIpc) is 2.29. The van der Waals surface area contributed by atoms with E-state index < -0.39 is 0 Å². The van der Waals surface area contributed by atoms with Crippen LogP contribution in [0.3, 0.4) is 0 Å². The molecule has 16 heavy (non-hydrogen) atoms. The van der Waals surface area contributed by atoms with E-state index in [4.69, 9.17) is 4.74 Å². The fourth-order valence-corrected chi connectivity index (χ4v) is 1.53. The molecule has 0 fully saturated rings. The highest BCUT2D eigenvalue weighted by atomic mass is 16.5. The first-order chi connectivity index (χ1) is 7.80. The molecule has 0 aliphatic rings. The molecule has 1 aromatic rings. The van der Waals surface area contributed by atoms with Crippen molar-refractivity contribution in [1.29, 1.82) is 0 Å². The summed E-state index contributed by atoms with van der Waals surface area (Å²) in [5.74, 6) is 0.746. The van der Waals surface area contributed by atoms with Gasteiger partial charge in [-0.1, -0.05) is 13.8 Å². The summed E-state index contributed by atoms with van der Waals surface area (Å²) in [4.78, 5) is 4.42. The number of hydrogen-bond donors (Lipinski definition) is 1. The van der Waals surface area contributed by atoms with Gasteiger partial charge in [0.25, 0.3) is 0 Å². The van der Waals surface area contributed by atoms with E-state index >= 15 is 0 Å². The summed E-state index contributed by atoms with van der Waals surface area (Å²) in [5.41, 5.74) is 2.35. The normalized spacial score (nSPS) is 10.4. The zero-order valence-electron chi connectivity index (χ0n) is 10.5. The Hall–Kier alpha value is -1.09. The summed E-state index contributed by atoms with van der Waals surface area (Å²) in [7, 11) is 0. The van der Waals surface area contributed by atoms with Crippen LogP contribution in [0.5, 0.6) is 5.88 Å². The van der Waals surface area contributed by atoms with Crippen molar-refractivity contribution < 1.29 is 4.74 Å². The lowest BCUT2D eigenvalue weighted by molar-refractivity contribution is 0.325. The summed E-state index contributed by atoms with van der Waals surface area (Å²) in [6, 6.07) is 4.16. The van der Waals surface area contributed by atoms with Gasteiger partial charge in [0.05, 0.1) is 6.61 Å². The van der Waals surface area contributed by atoms with Crippen LogP contribution in [0, 0.1) is 0 Å². The molecule has 3 heteroatoms. The number of nitrogens with one attached hydrogen (secondary N) is 1. The molecular formula is C13H22N2O. The number of aromatic nitrogens is 1. The number of hydrogen-bond acceptors (Lipinski definition) is 3. The Morgan fingerprint density at radius 3 is 2.69 bits per heavy atom. The first-order valence-corrected chi connectivity index (χ1v) is 6.13. The van der Waals surface area contributed by atoms with Gasteiger partial charge in [-0.2, -0.15) is 0 Å². The predicted molar refractivity (Wildman–Crippen MR) is 66.8 cm³/mol. The molecule has 0 radical (unpaired) electrons. The van der Waals surface area contributed by atoms with E-state index in [-0.39, 0.29) is 0 Å². The van der Waals surface area contributed by atoms with E-state index in [2.05, 4.69) is 30.2 Å². The van der Waals surface area contributed by atoms with Crippen LogP contribution in [0.2, 0.25) is 0 Å². The number of aryl methyl sites for hydroxylation is 1. The van der Waals surface area contributed by atoms with E-state index in [1.165, 1.54) is 5.56 Å². The van der Waals surface area contributed by atoms with Crippen molar-refractivity contribution in [2.45, 2.75) is 40.2 Å². The maximum Gasteiger partial charge on any atom is 0.213 e. The van der Waals surface area contributed by atoms with Gasteiger partial charge in [0.2, 0.25) is 5.88 Å². The number of ether oxygens (including phenoxy) is 1. The summed E-state index contributed by atoms with van der Waals surface area (Å²) in [5, 5.41) is 3.39. The molecule has 1 aromatic heterocycles. The molecule has 1 N–H and O–H groups in total. The summed E-state index contributed by atoms with van der Waals surface area (Å²) < 4.78 is 5.46. The van der Waals surface area contributed by atoms with Gasteiger partial charge < -0.3 is 10.1 Å². The van der Waals surface area contributed by atoms with Crippen molar-refractivity contribution in [2.75, 3.05) is 13.2 Å². The molecule has 1 rings (SSSR count). The average molecular weight is 222 g/mol. The van der Waals surface area contributed by atoms with Crippen LogP contribution in [0.15, 0.2) is 12.1 Å². The Morgan fingerprint density at radius 1 is 1.25 bits per heavy atom. The third-order valence-electron chi connectivity index (χ3n) is 2.33. The highest BCUT2D eigenvalue weighted by molar-refractivity contribution is 5.25. The number of rotatable bonds is 7. The summed E-state index contributed by atoms with van der Waals surface area (Å²) in [6.45, 7) is 8.87. The van der Waals surface area contributed by atoms with Crippen molar-refractivity contribution in [2.24, 2.45) is 0 Å². The van der Waals surface area contributed by atoms with E-state index in [0.29, 0.717) is 6.61 Å². The third kappa shape index (κ3) is 4.19. The van der Waals surface area contributed by atoms with Crippen LogP contribution in [0.1, 0.15) is 38.4 Å². The highest BCUT2D eigenvalue weighted by Crippen LogP contribution is 2.13. The second-order valence-corrected chi connectivity index (χ2v) is 3.77. The first kappa shape index (κ1) is 13.0. The van der Waals surface area contributed by atoms with Crippen LogP contribution in [-0.2, 0) is 13.0 Å². The van der Waals surface area contributed by atoms with E-state index in [1.54, 1.807) is 0 Å². The van der Waals surface area contributed by atoms with Gasteiger partial charge in [-0.25, -0.2) is 4.98 Å². The van der Waals surface area contributed by atoms with Gasteiger partial charge in [-0.15, -0.1) is 0 Å². The monoisotopic (exact) mass is 222 g/mol. The first-order valence-electron chi connectivity index (χ1n) is 6.13. The molecule has 0 bridgehead atoms. The number of nitrogens with zero attached hydrogens (tertiary/aromatic N) is 1. The molecule has 3 nitrogen and oxygen atoms in total. The minimum Gasteiger partial charge on any atom is -0.478 e. The van der Waals surface area contributed by atoms with E-state index in [9.17, 15) is 0 Å². The maximum atomic E-state index is 5.46. The zero-order valence-corrected chi connectivity index (χ0v) is 10.5. The topological polar surface area (TPSA) is 34.2 Å². The lowest BCUT2D eigenvalue weighted by Crippen LogP contribution is -2.14. The molecule has 90 valence electrons. The molecule has 0 aliphatic heterocycles. The summed E-state index contributed by atoms with van der Waals surface area (Å²) in [6.07, 6.45) is 2.10. The van der Waals surface area contributed by atoms with Crippen LogP contribution >= 0.6 is 0 Å². The molecule has 0 amide bonds. The second-order valence-electron chi connectivity index (χ2n) is 3.77. The minimum atomic E-state index is 0.669. The Bertz CT molecular complexity index is 313. The van der Waals surface area contributed by atoms with Gasteiger partial charge >= 0.3 is 0 Å². The molecular weight excluding hydrogens is 200 g/mol. The van der Waals surface area contributed by atoms with Crippen molar-refractivity contribution in [1.82, 2.24) is 10.3 Å². The van der Waals surface area contributed by atoms with E-state index in [0.717, 1.165) is 37.5 Å². The molecule has 0 saturated carbocycles. The van der Waals surface area contributed by atoms with Gasteiger partial charge in [0.1, 0.15) is 0 Å². The van der Waals surface area contributed by atoms with Crippen LogP contribution < -0.4 is 10.1 Å². The highest BCUT2D eigenvalue weighted by Gasteiger charge is 2.02. The Balaban J connectivity index is 2.69. The smallest absolute Gasteiger partial charge is 0.213 e. The van der Waals surface area contributed by atoms with Crippen molar-refractivity contribution in [3.8, 4) is 5.88 Å². The third-order valence-corrected chi connectivity index (χ3v) is 2.33. The second kappa shape index (κ2) is 7.23. The van der Waals surface area contributed by atoms with Gasteiger partial charge in [0.15, 0.2) is 0 Å². The zero-order chi connectivity index (χ0) is 11.8. The molecule has 0 saturated heterocycles. The SMILES string of the molecule is CCCNCc1cc(CC)nc(OCC)c1. The van der Waals surface area contributed by atoms with Gasteiger partial charge in [0, 0.05) is 18.3 Å². The van der Waals surface area contributed by atoms with Crippen LogP contribution in [0.25, 0.3) is 0 Å². The van der Waals surface area contributed by atoms with E-state index in [1.807, 2.05) is 13.0 Å². The Labute approximate surface area is 98.2 Å². The van der Waals surface area contributed by atoms with Crippen LogP contribution in [-0.4, -0.2) is 18.1 Å². The fraction of sp³-hybridized carbons (Fsp3) is 0.615. The molecule has 0 aliphatic carbocycles. The minimum absolute atomic E-state index is 0.669. The van der Waals surface area contributed by atoms with Gasteiger partial charge in [-0.3, -0.25) is 0 Å². The van der Waals surface area contributed by atoms with Crippen molar-refractivity contribution >= 4 is 0 Å². The molecule has 1 heterocycles. The lowest BCUT2D eigenvalue weighted by atomic mass is 10.2. The Kier molecular flexibility index (Phi) is 5.86. The van der Waals surface area contributed by atoms with Crippen LogP contribution in [0.4, 0.5) is 0 Å². The fourth-order valence-electron chi connectivity index (χ4n) is 1.53. The Morgan fingerprint density at radius 2 is 2.06 bits per heavy atom. The molecule has 0 spiro atoms. The van der Waals surface area contributed by atoms with Crippen molar-refractivity contribution in [3.05, 3.63) is 23.4 Å². The number of pyridine rings is 1. The lowest BCUT2D eigenvalue weighted by Gasteiger charge is -2.09. The molecule has 0 unspecified atom stereocenters. The standard InChI is InChI=1S/C13H22N2O/c1-4-7-14-10-11-8-12(5-2)15-13(9-11)16-6-3/h8-9,14H,4-7,10H2,1-3H3. The molecule has 0 aromatic carbocycles. The molecule has 0 atom stereocenters.